The van der Waals surface area contributed by atoms with Gasteiger partial charge in [0.15, 0.2) is 12.1 Å². The van der Waals surface area contributed by atoms with Crippen molar-refractivity contribution < 1.29 is 9.53 Å². The minimum absolute atomic E-state index is 0.418. The van der Waals surface area contributed by atoms with Crippen LogP contribution in [-0.4, -0.2) is 21.2 Å². The number of ether oxygens (including phenoxy) is 1. The number of aryl methyl sites for hydroxylation is 1. The Morgan fingerprint density at radius 2 is 2.04 bits per heavy atom. The number of hydrogen-bond acceptors (Lipinski definition) is 5. The first kappa shape index (κ1) is 16.3. The molecule has 3 aromatic rings. The molecule has 2 aromatic heterocycles. The number of carbonyl (C=O) groups is 1. The predicted molar refractivity (Wildman–Crippen MR) is 94.2 cm³/mol. The maximum atomic E-state index is 11.1. The van der Waals surface area contributed by atoms with Crippen molar-refractivity contribution in [3.05, 3.63) is 64.4 Å². The molecule has 0 unspecified atom stereocenters. The molecule has 2 heterocycles. The highest BCUT2D eigenvalue weighted by Crippen LogP contribution is 2.26. The van der Waals surface area contributed by atoms with E-state index in [0.717, 1.165) is 22.9 Å². The first-order chi connectivity index (χ1) is 11.7. The van der Waals surface area contributed by atoms with E-state index in [1.54, 1.807) is 30.5 Å². The quantitative estimate of drug-likeness (QED) is 0.608. The van der Waals surface area contributed by atoms with Crippen molar-refractivity contribution in [3.63, 3.8) is 0 Å². The summed E-state index contributed by atoms with van der Waals surface area (Å²) in [5.74, 6) is 1.47. The first-order valence-corrected chi connectivity index (χ1v) is 8.21. The van der Waals surface area contributed by atoms with E-state index in [9.17, 15) is 4.79 Å². The van der Waals surface area contributed by atoms with Crippen LogP contribution in [0.4, 0.5) is 0 Å². The molecule has 5 nitrogen and oxygen atoms in total. The molecule has 0 spiro atoms. The van der Waals surface area contributed by atoms with Crippen molar-refractivity contribution in [2.75, 3.05) is 0 Å². The van der Waals surface area contributed by atoms with Gasteiger partial charge < -0.3 is 4.74 Å². The maximum absolute atomic E-state index is 11.1. The Morgan fingerprint density at radius 3 is 2.75 bits per heavy atom. The van der Waals surface area contributed by atoms with E-state index in [0.29, 0.717) is 28.7 Å². The number of nitrogens with zero attached hydrogens (tertiary/aromatic N) is 3. The van der Waals surface area contributed by atoms with Crippen LogP contribution in [0.2, 0.25) is 0 Å². The molecule has 120 valence electrons. The van der Waals surface area contributed by atoms with Crippen LogP contribution in [-0.2, 0) is 6.42 Å². The molecule has 1 aromatic carbocycles. The summed E-state index contributed by atoms with van der Waals surface area (Å²) in [5.41, 5.74) is 2.05. The zero-order valence-electron chi connectivity index (χ0n) is 12.9. The molecule has 0 amide bonds. The summed E-state index contributed by atoms with van der Waals surface area (Å²) in [4.78, 5) is 24.3. The lowest BCUT2D eigenvalue weighted by Crippen LogP contribution is -1.99. The Kier molecular flexibility index (Phi) is 4.96. The van der Waals surface area contributed by atoms with Gasteiger partial charge in [0.05, 0.1) is 0 Å². The van der Waals surface area contributed by atoms with Gasteiger partial charge in [-0.15, -0.1) is 0 Å². The molecule has 0 fully saturated rings. The molecule has 0 saturated heterocycles. The summed E-state index contributed by atoms with van der Waals surface area (Å²) in [5, 5.41) is 0. The molecule has 6 heteroatoms. The van der Waals surface area contributed by atoms with Gasteiger partial charge in [-0.1, -0.05) is 28.9 Å². The second kappa shape index (κ2) is 7.31. The van der Waals surface area contributed by atoms with E-state index >= 15 is 0 Å². The van der Waals surface area contributed by atoms with Crippen molar-refractivity contribution in [2.45, 2.75) is 13.3 Å². The standard InChI is InChI=1S/C18H14BrN3O2/c1-2-13-10-17(22-18(21-13)16-5-3-4-8-20-16)24-14-6-7-15(19)12(9-14)11-23/h3-11H,2H2,1H3. The topological polar surface area (TPSA) is 65.0 Å². The molecule has 0 N–H and O–H groups in total. The lowest BCUT2D eigenvalue weighted by atomic mass is 10.2. The lowest BCUT2D eigenvalue weighted by Gasteiger charge is -2.09. The normalized spacial score (nSPS) is 10.4. The number of aldehydes is 1. The molecule has 24 heavy (non-hydrogen) atoms. The van der Waals surface area contributed by atoms with Crippen LogP contribution in [0.5, 0.6) is 11.6 Å². The van der Waals surface area contributed by atoms with Gasteiger partial charge >= 0.3 is 0 Å². The molecule has 0 radical (unpaired) electrons. The predicted octanol–water partition coefficient (Wildman–Crippen LogP) is 4.47. The fourth-order valence-electron chi connectivity index (χ4n) is 2.11. The van der Waals surface area contributed by atoms with E-state index in [-0.39, 0.29) is 0 Å². The fraction of sp³-hybridized carbons (Fsp3) is 0.111. The van der Waals surface area contributed by atoms with Gasteiger partial charge in [-0.05, 0) is 36.8 Å². The average molecular weight is 384 g/mol. The molecule has 3 rings (SSSR count). The third-order valence-corrected chi connectivity index (χ3v) is 4.05. The highest BCUT2D eigenvalue weighted by molar-refractivity contribution is 9.10. The minimum Gasteiger partial charge on any atom is -0.439 e. The van der Waals surface area contributed by atoms with Gasteiger partial charge in [-0.3, -0.25) is 9.78 Å². The van der Waals surface area contributed by atoms with E-state index in [2.05, 4.69) is 30.9 Å². The van der Waals surface area contributed by atoms with Gasteiger partial charge in [-0.25, -0.2) is 4.98 Å². The highest BCUT2D eigenvalue weighted by atomic mass is 79.9. The van der Waals surface area contributed by atoms with Crippen LogP contribution in [0.1, 0.15) is 23.0 Å². The zero-order chi connectivity index (χ0) is 16.9. The molecule has 0 bridgehead atoms. The number of aromatic nitrogens is 3. The van der Waals surface area contributed by atoms with Crippen molar-refractivity contribution in [2.24, 2.45) is 0 Å². The Balaban J connectivity index is 1.97. The molecular weight excluding hydrogens is 370 g/mol. The van der Waals surface area contributed by atoms with Crippen molar-refractivity contribution in [1.29, 1.82) is 0 Å². The van der Waals surface area contributed by atoms with Gasteiger partial charge in [0, 0.05) is 28.0 Å². The van der Waals surface area contributed by atoms with E-state index in [1.165, 1.54) is 0 Å². The SMILES string of the molecule is CCc1cc(Oc2ccc(Br)c(C=O)c2)nc(-c2ccccn2)n1. The number of rotatable bonds is 5. The Labute approximate surface area is 147 Å². The Morgan fingerprint density at radius 1 is 1.17 bits per heavy atom. The largest absolute Gasteiger partial charge is 0.439 e. The van der Waals surface area contributed by atoms with Crippen LogP contribution in [0.3, 0.4) is 0 Å². The van der Waals surface area contributed by atoms with Crippen LogP contribution >= 0.6 is 15.9 Å². The Hall–Kier alpha value is -2.60. The summed E-state index contributed by atoms with van der Waals surface area (Å²) in [7, 11) is 0. The second-order valence-electron chi connectivity index (χ2n) is 4.99. The van der Waals surface area contributed by atoms with Crippen molar-refractivity contribution >= 4 is 22.2 Å². The third-order valence-electron chi connectivity index (χ3n) is 3.33. The molecule has 0 aliphatic heterocycles. The van der Waals surface area contributed by atoms with E-state index in [4.69, 9.17) is 4.74 Å². The summed E-state index contributed by atoms with van der Waals surface area (Å²) in [6.07, 6.45) is 3.22. The average Bonchev–Trinajstić information content (AvgIpc) is 2.63. The van der Waals surface area contributed by atoms with Gasteiger partial charge in [-0.2, -0.15) is 4.98 Å². The second-order valence-corrected chi connectivity index (χ2v) is 5.85. The lowest BCUT2D eigenvalue weighted by molar-refractivity contribution is 0.112. The number of halogens is 1. The summed E-state index contributed by atoms with van der Waals surface area (Å²) in [6.45, 7) is 2.01. The molecule has 0 atom stereocenters. The number of hydrogen-bond donors (Lipinski definition) is 0. The minimum atomic E-state index is 0.418. The molecular formula is C18H14BrN3O2. The van der Waals surface area contributed by atoms with Crippen LogP contribution in [0, 0.1) is 0 Å². The van der Waals surface area contributed by atoms with Gasteiger partial charge in [0.2, 0.25) is 5.88 Å². The highest BCUT2D eigenvalue weighted by Gasteiger charge is 2.10. The molecule has 0 aliphatic rings. The van der Waals surface area contributed by atoms with Crippen LogP contribution in [0.25, 0.3) is 11.5 Å². The van der Waals surface area contributed by atoms with Gasteiger partial charge in [0.1, 0.15) is 11.4 Å². The summed E-state index contributed by atoms with van der Waals surface area (Å²) in [6, 6.07) is 12.6. The zero-order valence-corrected chi connectivity index (χ0v) is 14.5. The van der Waals surface area contributed by atoms with Gasteiger partial charge in [0.25, 0.3) is 0 Å². The molecule has 0 saturated carbocycles. The smallest absolute Gasteiger partial charge is 0.223 e. The number of pyridine rings is 1. The Bertz CT molecular complexity index is 869. The first-order valence-electron chi connectivity index (χ1n) is 7.41. The molecule has 0 aliphatic carbocycles. The van der Waals surface area contributed by atoms with E-state index < -0.39 is 0 Å². The third kappa shape index (κ3) is 3.65. The van der Waals surface area contributed by atoms with Crippen molar-refractivity contribution in [3.8, 4) is 23.1 Å². The summed E-state index contributed by atoms with van der Waals surface area (Å²) >= 11 is 3.32. The van der Waals surface area contributed by atoms with E-state index in [1.807, 2.05) is 25.1 Å². The monoisotopic (exact) mass is 383 g/mol. The fourth-order valence-corrected chi connectivity index (χ4v) is 2.45. The summed E-state index contributed by atoms with van der Waals surface area (Å²) < 4.78 is 6.54. The van der Waals surface area contributed by atoms with Crippen LogP contribution in [0.15, 0.2) is 53.1 Å². The number of benzene rings is 1. The van der Waals surface area contributed by atoms with Crippen LogP contribution < -0.4 is 4.74 Å². The van der Waals surface area contributed by atoms with Crippen molar-refractivity contribution in [1.82, 2.24) is 15.0 Å². The number of carbonyl (C=O) groups excluding carboxylic acids is 1. The maximum Gasteiger partial charge on any atom is 0.223 e.